The highest BCUT2D eigenvalue weighted by molar-refractivity contribution is 6.18. The van der Waals surface area contributed by atoms with Crippen molar-refractivity contribution in [2.24, 2.45) is 0 Å². The fourth-order valence-corrected chi connectivity index (χ4v) is 3.53. The van der Waals surface area contributed by atoms with E-state index in [0.29, 0.717) is 6.04 Å². The third kappa shape index (κ3) is 1.09. The molecule has 0 unspecified atom stereocenters. The van der Waals surface area contributed by atoms with Crippen LogP contribution in [0, 0.1) is 0 Å². The average Bonchev–Trinajstić information content (AvgIpc) is 2.89. The summed E-state index contributed by atoms with van der Waals surface area (Å²) in [7, 11) is 0. The van der Waals surface area contributed by atoms with Gasteiger partial charge in [-0.25, -0.2) is 0 Å². The van der Waals surface area contributed by atoms with Gasteiger partial charge in [-0.2, -0.15) is 0 Å². The molecule has 88 valence electrons. The van der Waals surface area contributed by atoms with E-state index in [2.05, 4.69) is 48.5 Å². The molecular formula is C19H12. The molecule has 0 heterocycles. The molecule has 1 aliphatic carbocycles. The Kier molecular flexibility index (Phi) is 1.45. The van der Waals surface area contributed by atoms with E-state index in [9.17, 15) is 0 Å². The highest BCUT2D eigenvalue weighted by atomic mass is 14.2. The van der Waals surface area contributed by atoms with Crippen molar-refractivity contribution in [2.75, 3.05) is 0 Å². The van der Waals surface area contributed by atoms with Crippen LogP contribution >= 0.6 is 0 Å². The van der Waals surface area contributed by atoms with Crippen LogP contribution in [-0.4, -0.2) is 0 Å². The van der Waals surface area contributed by atoms with E-state index in [4.69, 9.17) is 1.37 Å². The Hall–Kier alpha value is -2.34. The topological polar surface area (TPSA) is 0 Å². The Labute approximate surface area is 112 Å². The lowest BCUT2D eigenvalue weighted by Gasteiger charge is -2.07. The predicted octanol–water partition coefficient (Wildman–Crippen LogP) is 5.05. The lowest BCUT2D eigenvalue weighted by atomic mass is 9.97. The number of rotatable bonds is 0. The molecule has 0 aliphatic heterocycles. The van der Waals surface area contributed by atoms with Gasteiger partial charge in [-0.15, -0.1) is 0 Å². The van der Waals surface area contributed by atoms with E-state index in [1.165, 1.54) is 32.7 Å². The van der Waals surface area contributed by atoms with E-state index < -0.39 is 0 Å². The minimum absolute atomic E-state index is 0.665. The summed E-state index contributed by atoms with van der Waals surface area (Å²) in [6.45, 7) is 0. The van der Waals surface area contributed by atoms with Gasteiger partial charge in [-0.3, -0.25) is 0 Å². The SMILES string of the molecule is [2H]c1c2ccccc2c2c3c1ccc1cccc(c13)C2. The van der Waals surface area contributed by atoms with E-state index in [1.807, 2.05) is 6.07 Å². The van der Waals surface area contributed by atoms with E-state index >= 15 is 0 Å². The standard InChI is InChI=1S/C19H12/c1-2-7-16-13(4-1)10-15-9-8-12-5-3-6-14-11-17(16)19(15)18(12)14/h1-10H,11H2/i10D. The smallest absolute Gasteiger partial charge is 0.0616 e. The molecule has 0 nitrogen and oxygen atoms in total. The summed E-state index contributed by atoms with van der Waals surface area (Å²) in [5.41, 5.74) is 2.80. The quantitative estimate of drug-likeness (QED) is 0.263. The summed E-state index contributed by atoms with van der Waals surface area (Å²) >= 11 is 0. The molecule has 0 amide bonds. The third-order valence-corrected chi connectivity index (χ3v) is 4.32. The van der Waals surface area contributed by atoms with Crippen molar-refractivity contribution in [3.05, 3.63) is 71.8 Å². The minimum Gasteiger partial charge on any atom is -0.0616 e. The Balaban J connectivity index is 2.18. The first-order chi connectivity index (χ1) is 9.84. The Morgan fingerprint density at radius 2 is 1.58 bits per heavy atom. The van der Waals surface area contributed by atoms with Gasteiger partial charge in [-0.1, -0.05) is 54.6 Å². The third-order valence-electron chi connectivity index (χ3n) is 4.32. The van der Waals surface area contributed by atoms with Crippen LogP contribution in [0.15, 0.2) is 60.6 Å². The van der Waals surface area contributed by atoms with Gasteiger partial charge in [-0.05, 0) is 55.9 Å². The monoisotopic (exact) mass is 241 g/mol. The molecule has 0 atom stereocenters. The number of benzene rings is 4. The average molecular weight is 241 g/mol. The second-order valence-corrected chi connectivity index (χ2v) is 5.33. The zero-order valence-electron chi connectivity index (χ0n) is 11.4. The molecule has 0 saturated heterocycles. The summed E-state index contributed by atoms with van der Waals surface area (Å²) in [6.07, 6.45) is 0.994. The first-order valence-electron chi connectivity index (χ1n) is 7.19. The fourth-order valence-electron chi connectivity index (χ4n) is 3.53. The van der Waals surface area contributed by atoms with Crippen molar-refractivity contribution in [1.82, 2.24) is 0 Å². The Bertz CT molecular complexity index is 1030. The lowest BCUT2D eigenvalue weighted by molar-refractivity contribution is 1.29. The summed E-state index contributed by atoms with van der Waals surface area (Å²) in [5.74, 6) is 0. The molecule has 4 aromatic carbocycles. The van der Waals surface area contributed by atoms with Gasteiger partial charge in [0, 0.05) is 0 Å². The van der Waals surface area contributed by atoms with Gasteiger partial charge >= 0.3 is 0 Å². The lowest BCUT2D eigenvalue weighted by Crippen LogP contribution is -1.84. The molecule has 0 spiro atoms. The Morgan fingerprint density at radius 3 is 2.58 bits per heavy atom. The van der Waals surface area contributed by atoms with Crippen molar-refractivity contribution >= 4 is 32.3 Å². The first kappa shape index (κ1) is 8.71. The molecule has 0 radical (unpaired) electrons. The van der Waals surface area contributed by atoms with Crippen LogP contribution in [0.3, 0.4) is 0 Å². The maximum atomic E-state index is 8.53. The predicted molar refractivity (Wildman–Crippen MR) is 81.8 cm³/mol. The molecule has 0 fully saturated rings. The van der Waals surface area contributed by atoms with Gasteiger partial charge in [0.1, 0.15) is 0 Å². The van der Waals surface area contributed by atoms with E-state index in [-0.39, 0.29) is 0 Å². The van der Waals surface area contributed by atoms with Crippen molar-refractivity contribution in [1.29, 1.82) is 0 Å². The Morgan fingerprint density at radius 1 is 0.737 bits per heavy atom. The maximum absolute atomic E-state index is 8.53. The molecule has 19 heavy (non-hydrogen) atoms. The zero-order valence-corrected chi connectivity index (χ0v) is 10.4. The van der Waals surface area contributed by atoms with Crippen LogP contribution in [0.5, 0.6) is 0 Å². The van der Waals surface area contributed by atoms with Gasteiger partial charge in [0.05, 0.1) is 1.37 Å². The van der Waals surface area contributed by atoms with Crippen LogP contribution in [0.2, 0.25) is 0 Å². The van der Waals surface area contributed by atoms with Crippen molar-refractivity contribution in [2.45, 2.75) is 6.42 Å². The number of hydrogen-bond donors (Lipinski definition) is 0. The number of hydrogen-bond acceptors (Lipinski definition) is 0. The van der Waals surface area contributed by atoms with Gasteiger partial charge in [0.15, 0.2) is 0 Å². The molecular weight excluding hydrogens is 228 g/mol. The van der Waals surface area contributed by atoms with E-state index in [1.54, 1.807) is 0 Å². The summed E-state index contributed by atoms with van der Waals surface area (Å²) in [5, 5.41) is 7.37. The molecule has 0 bridgehead atoms. The van der Waals surface area contributed by atoms with Crippen LogP contribution in [0.4, 0.5) is 0 Å². The van der Waals surface area contributed by atoms with Gasteiger partial charge in [0.2, 0.25) is 0 Å². The summed E-state index contributed by atoms with van der Waals surface area (Å²) in [4.78, 5) is 0. The van der Waals surface area contributed by atoms with Crippen LogP contribution in [0.1, 0.15) is 12.5 Å². The highest BCUT2D eigenvalue weighted by Gasteiger charge is 2.18. The highest BCUT2D eigenvalue weighted by Crippen LogP contribution is 2.41. The van der Waals surface area contributed by atoms with E-state index in [0.717, 1.165) is 17.2 Å². The molecule has 1 aliphatic rings. The zero-order chi connectivity index (χ0) is 13.3. The van der Waals surface area contributed by atoms with Gasteiger partial charge in [0.25, 0.3) is 0 Å². The molecule has 5 rings (SSSR count). The van der Waals surface area contributed by atoms with Crippen molar-refractivity contribution < 1.29 is 1.37 Å². The van der Waals surface area contributed by atoms with Crippen LogP contribution in [0.25, 0.3) is 32.3 Å². The summed E-state index contributed by atoms with van der Waals surface area (Å²) in [6, 6.07) is 19.8. The van der Waals surface area contributed by atoms with Crippen LogP contribution in [-0.2, 0) is 6.42 Å². The molecule has 0 saturated carbocycles. The molecule has 0 N–H and O–H groups in total. The second kappa shape index (κ2) is 3.16. The van der Waals surface area contributed by atoms with Crippen molar-refractivity contribution in [3.63, 3.8) is 0 Å². The maximum Gasteiger partial charge on any atom is 0.0636 e. The molecule has 4 aromatic rings. The first-order valence-corrected chi connectivity index (χ1v) is 6.69. The summed E-state index contributed by atoms with van der Waals surface area (Å²) < 4.78 is 8.53. The largest absolute Gasteiger partial charge is 0.0636 e. The molecule has 0 aromatic heterocycles. The molecule has 0 heteroatoms. The van der Waals surface area contributed by atoms with Crippen LogP contribution < -0.4 is 0 Å². The fraction of sp³-hybridized carbons (Fsp3) is 0.0526. The number of fused-ring (bicyclic) bond motifs is 2. The van der Waals surface area contributed by atoms with Gasteiger partial charge < -0.3 is 0 Å². The minimum atomic E-state index is 0.665. The normalized spacial score (nSPS) is 13.8. The second-order valence-electron chi connectivity index (χ2n) is 5.33. The van der Waals surface area contributed by atoms with Crippen molar-refractivity contribution in [3.8, 4) is 0 Å².